The molecule has 8 amide bonds. The van der Waals surface area contributed by atoms with Gasteiger partial charge in [0, 0.05) is 0 Å². The van der Waals surface area contributed by atoms with Crippen LogP contribution in [0.2, 0.25) is 0 Å². The Morgan fingerprint density at radius 3 is 1.58 bits per heavy atom. The van der Waals surface area contributed by atoms with Crippen molar-refractivity contribution < 1.29 is 68.0 Å². The number of ether oxygens (including phenoxy) is 1. The summed E-state index contributed by atoms with van der Waals surface area (Å²) in [6.07, 6.45) is 5.25. The number of rotatable bonds is 26. The number of hydrogen-bond donors (Lipinski definition) is 11. The van der Waals surface area contributed by atoms with Gasteiger partial charge in [-0.2, -0.15) is 0 Å². The van der Waals surface area contributed by atoms with Crippen LogP contribution in [0.5, 0.6) is 0 Å². The van der Waals surface area contributed by atoms with Gasteiger partial charge in [-0.15, -0.1) is 0 Å². The average Bonchev–Trinajstić information content (AvgIpc) is 3.28. The van der Waals surface area contributed by atoms with Crippen molar-refractivity contribution in [2.45, 2.75) is 221 Å². The Labute approximate surface area is 437 Å². The topological polar surface area (TPSA) is 337 Å². The van der Waals surface area contributed by atoms with Crippen LogP contribution in [-0.2, 0) is 52.7 Å². The van der Waals surface area contributed by atoms with Crippen molar-refractivity contribution in [2.24, 2.45) is 29.6 Å². The third-order valence-corrected chi connectivity index (χ3v) is 12.0. The van der Waals surface area contributed by atoms with Crippen molar-refractivity contribution in [1.29, 1.82) is 0 Å². The second kappa shape index (κ2) is 34.0. The molecule has 1 fully saturated rings. The van der Waals surface area contributed by atoms with Crippen LogP contribution in [0.25, 0.3) is 0 Å². The summed E-state index contributed by atoms with van der Waals surface area (Å²) in [4.78, 5) is 138. The summed E-state index contributed by atoms with van der Waals surface area (Å²) in [5, 5.41) is 50.9. The van der Waals surface area contributed by atoms with E-state index in [4.69, 9.17) is 4.74 Å². The average molecular weight is 1050 g/mol. The quantitative estimate of drug-likeness (QED) is 0.0335. The number of carboxylic acid groups (broad SMARTS) is 1. The highest BCUT2D eigenvalue weighted by Crippen LogP contribution is 2.16. The molecule has 22 heteroatoms. The fraction of sp³-hybridized carbons (Fsp3) is 0.769. The minimum absolute atomic E-state index is 0.0319. The van der Waals surface area contributed by atoms with Gasteiger partial charge in [-0.1, -0.05) is 114 Å². The van der Waals surface area contributed by atoms with E-state index >= 15 is 0 Å². The molecule has 22 nitrogen and oxygen atoms in total. The van der Waals surface area contributed by atoms with Crippen LogP contribution in [0.15, 0.2) is 12.2 Å². The number of amides is 8. The number of hydrogen-bond acceptors (Lipinski definition) is 13. The van der Waals surface area contributed by atoms with Gasteiger partial charge in [-0.05, 0) is 75.0 Å². The molecular weight excluding hydrogens is 961 g/mol. The van der Waals surface area contributed by atoms with E-state index in [1.807, 2.05) is 0 Å². The first kappa shape index (κ1) is 66.4. The summed E-state index contributed by atoms with van der Waals surface area (Å²) < 4.78 is 5.78. The first-order valence-corrected chi connectivity index (χ1v) is 26.4. The molecule has 0 spiro atoms. The lowest BCUT2D eigenvalue weighted by Crippen LogP contribution is -2.62. The second-order valence-electron chi connectivity index (χ2n) is 21.5. The Balaban J connectivity index is 3.81. The van der Waals surface area contributed by atoms with Gasteiger partial charge in [0.1, 0.15) is 54.4 Å². The molecule has 0 aromatic rings. The number of esters is 1. The van der Waals surface area contributed by atoms with Gasteiger partial charge in [0.05, 0.1) is 25.6 Å². The number of allylic oxidation sites excluding steroid dienone is 1. The van der Waals surface area contributed by atoms with Crippen molar-refractivity contribution >= 4 is 59.2 Å². The first-order valence-electron chi connectivity index (χ1n) is 26.4. The third kappa shape index (κ3) is 25.5. The monoisotopic (exact) mass is 1050 g/mol. The van der Waals surface area contributed by atoms with E-state index in [-0.39, 0.29) is 55.8 Å². The zero-order chi connectivity index (χ0) is 56.4. The standard InChI is InChI=1S/C52H90N8O14/c1-13-14-15-16-17-18-19-20-34(62)25-41(63)53-35(21-28(2)3)45(66)56-39(26-42(64)65)49(70)60-44-33(12)74-52(73)43(32(10)11)59-48(69)38(24-31(8)9)55-50(71)40(27-61)58-47(68)36(22-29(4)5)54-46(67)37(23-30(6)7)57-51(44)72/h19-20,28-40,43-44,61-62H,13-18,21-27H2,1-12H3,(H,53,63)(H,54,67)(H,55,71)(H,56,66)(H,57,72)(H,58,68)(H,59,69)(H,60,70)(H,64,65)/b20-19-. The molecule has 10 unspecified atom stereocenters. The lowest BCUT2D eigenvalue weighted by Gasteiger charge is -2.31. The van der Waals surface area contributed by atoms with Crippen LogP contribution in [0, 0.1) is 29.6 Å². The van der Waals surface area contributed by atoms with Gasteiger partial charge < -0.3 is 62.6 Å². The van der Waals surface area contributed by atoms with Crippen LogP contribution < -0.4 is 42.5 Å². The SMILES string of the molecule is CCCCCCC/C=C\C(O)CC(=O)NC(CC(C)C)C(=O)NC(CC(=O)O)C(=O)NC1C(=O)NC(CC(C)C)C(=O)NC(CC(C)C)C(=O)NC(CO)C(=O)NC(CC(C)C)C(=O)NC(C(C)C)C(=O)OC1C. The molecule has 1 heterocycles. The van der Waals surface area contributed by atoms with Gasteiger partial charge in [-0.25, -0.2) is 4.79 Å². The van der Waals surface area contributed by atoms with Gasteiger partial charge in [0.15, 0.2) is 0 Å². The van der Waals surface area contributed by atoms with Crippen molar-refractivity contribution in [3.8, 4) is 0 Å². The molecule has 1 saturated heterocycles. The zero-order valence-corrected chi connectivity index (χ0v) is 45.8. The number of carbonyl (C=O) groups excluding carboxylic acids is 9. The Kier molecular flexibility index (Phi) is 30.5. The molecule has 10 atom stereocenters. The second-order valence-corrected chi connectivity index (χ2v) is 21.5. The molecule has 0 saturated carbocycles. The molecular formula is C52H90N8O14. The minimum atomic E-state index is -1.90. The predicted molar refractivity (Wildman–Crippen MR) is 276 cm³/mol. The van der Waals surface area contributed by atoms with Gasteiger partial charge in [0.25, 0.3) is 0 Å². The molecule has 0 aliphatic carbocycles. The molecule has 1 rings (SSSR count). The summed E-state index contributed by atoms with van der Waals surface area (Å²) >= 11 is 0. The highest BCUT2D eigenvalue weighted by molar-refractivity contribution is 5.99. The maximum Gasteiger partial charge on any atom is 0.329 e. The Morgan fingerprint density at radius 1 is 0.622 bits per heavy atom. The van der Waals surface area contributed by atoms with E-state index in [9.17, 15) is 63.3 Å². The highest BCUT2D eigenvalue weighted by Gasteiger charge is 2.40. The van der Waals surface area contributed by atoms with Gasteiger partial charge >= 0.3 is 11.9 Å². The molecule has 1 aliphatic rings. The van der Waals surface area contributed by atoms with E-state index in [1.54, 1.807) is 75.3 Å². The van der Waals surface area contributed by atoms with Crippen molar-refractivity contribution in [2.75, 3.05) is 6.61 Å². The van der Waals surface area contributed by atoms with E-state index in [0.717, 1.165) is 38.5 Å². The molecule has 0 bridgehead atoms. The molecule has 0 aromatic carbocycles. The lowest BCUT2D eigenvalue weighted by atomic mass is 9.99. The number of cyclic esters (lactones) is 1. The largest absolute Gasteiger partial charge is 0.481 e. The van der Waals surface area contributed by atoms with Crippen LogP contribution in [-0.4, -0.2) is 142 Å². The predicted octanol–water partition coefficient (Wildman–Crippen LogP) is 1.79. The minimum Gasteiger partial charge on any atom is -0.481 e. The number of aliphatic carboxylic acids is 1. The number of carboxylic acids is 1. The van der Waals surface area contributed by atoms with Crippen molar-refractivity contribution in [3.05, 3.63) is 12.2 Å². The Bertz CT molecular complexity index is 1890. The summed E-state index contributed by atoms with van der Waals surface area (Å²) in [7, 11) is 0. The number of aliphatic hydroxyl groups is 2. The van der Waals surface area contributed by atoms with Crippen molar-refractivity contribution in [3.63, 3.8) is 0 Å². The Hall–Kier alpha value is -5.64. The third-order valence-electron chi connectivity index (χ3n) is 12.0. The van der Waals surface area contributed by atoms with Crippen molar-refractivity contribution in [1.82, 2.24) is 42.5 Å². The van der Waals surface area contributed by atoms with Crippen LogP contribution in [0.3, 0.4) is 0 Å². The summed E-state index contributed by atoms with van der Waals surface area (Å²) in [5.41, 5.74) is 0. The summed E-state index contributed by atoms with van der Waals surface area (Å²) in [6.45, 7) is 19.8. The van der Waals surface area contributed by atoms with Crippen LogP contribution in [0.4, 0.5) is 0 Å². The van der Waals surface area contributed by atoms with E-state index in [0.29, 0.717) is 0 Å². The number of carbonyl (C=O) groups is 10. The van der Waals surface area contributed by atoms with Gasteiger partial charge in [-0.3, -0.25) is 43.2 Å². The number of unbranched alkanes of at least 4 members (excludes halogenated alkanes) is 5. The zero-order valence-electron chi connectivity index (χ0n) is 45.8. The van der Waals surface area contributed by atoms with E-state index < -0.39 is 139 Å². The molecule has 11 N–H and O–H groups in total. The fourth-order valence-corrected chi connectivity index (χ4v) is 8.10. The van der Waals surface area contributed by atoms with E-state index in [2.05, 4.69) is 49.5 Å². The molecule has 1 aliphatic heterocycles. The van der Waals surface area contributed by atoms with Crippen LogP contribution in [0.1, 0.15) is 160 Å². The smallest absolute Gasteiger partial charge is 0.329 e. The molecule has 422 valence electrons. The highest BCUT2D eigenvalue weighted by atomic mass is 16.5. The first-order chi connectivity index (χ1) is 34.6. The summed E-state index contributed by atoms with van der Waals surface area (Å²) in [5.74, 6) is -11.6. The Morgan fingerprint density at radius 2 is 1.11 bits per heavy atom. The summed E-state index contributed by atoms with van der Waals surface area (Å²) in [6, 6.07) is -12.1. The lowest BCUT2D eigenvalue weighted by molar-refractivity contribution is -0.157. The maximum absolute atomic E-state index is 14.5. The number of nitrogens with one attached hydrogen (secondary N) is 8. The normalized spacial score (nSPS) is 23.1. The van der Waals surface area contributed by atoms with E-state index in [1.165, 1.54) is 13.0 Å². The van der Waals surface area contributed by atoms with Gasteiger partial charge in [0.2, 0.25) is 47.3 Å². The molecule has 0 radical (unpaired) electrons. The fourth-order valence-electron chi connectivity index (χ4n) is 8.10. The van der Waals surface area contributed by atoms with Crippen LogP contribution >= 0.6 is 0 Å². The molecule has 74 heavy (non-hydrogen) atoms. The molecule has 0 aromatic heterocycles. The number of aliphatic hydroxyl groups excluding tert-OH is 2. The maximum atomic E-state index is 14.5.